The summed E-state index contributed by atoms with van der Waals surface area (Å²) < 4.78 is 0. The molecule has 0 spiro atoms. The zero-order chi connectivity index (χ0) is 14.4. The lowest BCUT2D eigenvalue weighted by molar-refractivity contribution is 0.100. The van der Waals surface area contributed by atoms with Crippen molar-refractivity contribution in [2.24, 2.45) is 5.73 Å². The van der Waals surface area contributed by atoms with Crippen molar-refractivity contribution in [3.63, 3.8) is 0 Å². The lowest BCUT2D eigenvalue weighted by Gasteiger charge is -2.26. The molecule has 4 N–H and O–H groups in total. The second-order valence-electron chi connectivity index (χ2n) is 4.88. The first kappa shape index (κ1) is 15.3. The normalized spacial score (nSPS) is 10.7. The highest BCUT2D eigenvalue weighted by Gasteiger charge is 2.13. The third kappa shape index (κ3) is 4.44. The molecule has 0 bridgehead atoms. The van der Waals surface area contributed by atoms with Crippen LogP contribution in [-0.4, -0.2) is 44.5 Å². The van der Waals surface area contributed by atoms with Crippen LogP contribution in [0.15, 0.2) is 18.2 Å². The molecule has 106 valence electrons. The maximum absolute atomic E-state index is 11.5. The number of hydrogen-bond acceptors (Lipinski definition) is 4. The van der Waals surface area contributed by atoms with E-state index in [1.54, 1.807) is 12.1 Å². The van der Waals surface area contributed by atoms with Gasteiger partial charge in [0.2, 0.25) is 0 Å². The van der Waals surface area contributed by atoms with Crippen molar-refractivity contribution in [3.8, 4) is 0 Å². The van der Waals surface area contributed by atoms with Crippen LogP contribution in [0.25, 0.3) is 0 Å². The van der Waals surface area contributed by atoms with E-state index in [0.717, 1.165) is 31.7 Å². The molecule has 0 aliphatic rings. The van der Waals surface area contributed by atoms with Gasteiger partial charge in [0, 0.05) is 24.5 Å². The molecule has 1 aromatic carbocycles. The topological polar surface area (TPSA) is 75.6 Å². The lowest BCUT2D eigenvalue weighted by atomic mass is 10.1. The smallest absolute Gasteiger partial charge is 0.250 e. The quantitative estimate of drug-likeness (QED) is 0.724. The summed E-state index contributed by atoms with van der Waals surface area (Å²) in [6, 6.07) is 5.32. The zero-order valence-electron chi connectivity index (χ0n) is 12.0. The number of nitrogens with two attached hydrogens (primary N) is 2. The molecule has 1 amide bonds. The summed E-state index contributed by atoms with van der Waals surface area (Å²) in [5.41, 5.74) is 13.1. The molecule has 0 saturated carbocycles. The first-order valence-electron chi connectivity index (χ1n) is 6.54. The van der Waals surface area contributed by atoms with Crippen LogP contribution in [0.5, 0.6) is 0 Å². The maximum Gasteiger partial charge on any atom is 0.250 e. The molecule has 0 heterocycles. The van der Waals surface area contributed by atoms with Gasteiger partial charge in [-0.2, -0.15) is 0 Å². The molecule has 0 aliphatic heterocycles. The number of hydrogen-bond donors (Lipinski definition) is 2. The fraction of sp³-hybridized carbons (Fsp3) is 0.500. The third-order valence-electron chi connectivity index (χ3n) is 3.04. The number of carbonyl (C=O) groups is 1. The minimum Gasteiger partial charge on any atom is -0.399 e. The van der Waals surface area contributed by atoms with Gasteiger partial charge in [-0.05, 0) is 52.2 Å². The van der Waals surface area contributed by atoms with Crippen LogP contribution in [0.3, 0.4) is 0 Å². The van der Waals surface area contributed by atoms with Gasteiger partial charge in [0.1, 0.15) is 0 Å². The lowest BCUT2D eigenvalue weighted by Crippen LogP contribution is -2.29. The standard InChI is InChI=1S/C14H24N4O/c1-4-18(9-5-8-17(2)3)13-7-6-11(15)10-12(13)14(16)19/h6-7,10H,4-5,8-9,15H2,1-3H3,(H2,16,19). The number of primary amides is 1. The van der Waals surface area contributed by atoms with Crippen molar-refractivity contribution in [1.29, 1.82) is 0 Å². The van der Waals surface area contributed by atoms with E-state index < -0.39 is 5.91 Å². The maximum atomic E-state index is 11.5. The first-order valence-corrected chi connectivity index (χ1v) is 6.54. The van der Waals surface area contributed by atoms with Crippen LogP contribution in [0.2, 0.25) is 0 Å². The Morgan fingerprint density at radius 1 is 1.26 bits per heavy atom. The number of carbonyl (C=O) groups excluding carboxylic acids is 1. The molecule has 0 fully saturated rings. The molecule has 0 atom stereocenters. The van der Waals surface area contributed by atoms with E-state index in [4.69, 9.17) is 11.5 Å². The highest BCUT2D eigenvalue weighted by Crippen LogP contribution is 2.23. The van der Waals surface area contributed by atoms with Gasteiger partial charge in [-0.1, -0.05) is 0 Å². The van der Waals surface area contributed by atoms with Gasteiger partial charge >= 0.3 is 0 Å². The van der Waals surface area contributed by atoms with Crippen LogP contribution < -0.4 is 16.4 Å². The van der Waals surface area contributed by atoms with Crippen molar-refractivity contribution < 1.29 is 4.79 Å². The summed E-state index contributed by atoms with van der Waals surface area (Å²) in [6.07, 6.45) is 1.03. The average Bonchev–Trinajstić information content (AvgIpc) is 2.34. The highest BCUT2D eigenvalue weighted by atomic mass is 16.1. The Hall–Kier alpha value is -1.75. The Labute approximate surface area is 115 Å². The van der Waals surface area contributed by atoms with E-state index >= 15 is 0 Å². The summed E-state index contributed by atoms with van der Waals surface area (Å²) in [6.45, 7) is 4.80. The third-order valence-corrected chi connectivity index (χ3v) is 3.04. The number of amides is 1. The predicted octanol–water partition coefficient (Wildman–Crippen LogP) is 1.15. The summed E-state index contributed by atoms with van der Waals surface area (Å²) in [5, 5.41) is 0. The second kappa shape index (κ2) is 6.99. The number of nitrogens with zero attached hydrogens (tertiary/aromatic N) is 2. The van der Waals surface area contributed by atoms with Gasteiger partial charge in [0.25, 0.3) is 5.91 Å². The van der Waals surface area contributed by atoms with Crippen LogP contribution >= 0.6 is 0 Å². The van der Waals surface area contributed by atoms with Crippen LogP contribution in [0.4, 0.5) is 11.4 Å². The molecule has 5 nitrogen and oxygen atoms in total. The molecule has 0 aromatic heterocycles. The Morgan fingerprint density at radius 2 is 1.95 bits per heavy atom. The van der Waals surface area contributed by atoms with Gasteiger partial charge < -0.3 is 21.3 Å². The summed E-state index contributed by atoms with van der Waals surface area (Å²) in [5.74, 6) is -0.437. The molecule has 0 saturated heterocycles. The summed E-state index contributed by atoms with van der Waals surface area (Å²) in [4.78, 5) is 15.8. The molecule has 1 rings (SSSR count). The van der Waals surface area contributed by atoms with Crippen LogP contribution in [0, 0.1) is 0 Å². The Morgan fingerprint density at radius 3 is 2.47 bits per heavy atom. The van der Waals surface area contributed by atoms with Gasteiger partial charge in [-0.15, -0.1) is 0 Å². The zero-order valence-corrected chi connectivity index (χ0v) is 12.0. The molecule has 5 heteroatoms. The fourth-order valence-electron chi connectivity index (χ4n) is 2.05. The fourth-order valence-corrected chi connectivity index (χ4v) is 2.05. The van der Waals surface area contributed by atoms with E-state index in [9.17, 15) is 4.79 Å². The molecule has 0 radical (unpaired) electrons. The minimum atomic E-state index is -0.437. The van der Waals surface area contributed by atoms with E-state index in [2.05, 4.69) is 16.7 Å². The van der Waals surface area contributed by atoms with Crippen LogP contribution in [-0.2, 0) is 0 Å². The number of benzene rings is 1. The van der Waals surface area contributed by atoms with E-state index in [-0.39, 0.29) is 0 Å². The van der Waals surface area contributed by atoms with Crippen molar-refractivity contribution in [3.05, 3.63) is 23.8 Å². The largest absolute Gasteiger partial charge is 0.399 e. The Kier molecular flexibility index (Phi) is 5.63. The van der Waals surface area contributed by atoms with Crippen molar-refractivity contribution in [2.75, 3.05) is 44.4 Å². The predicted molar refractivity (Wildman–Crippen MR) is 80.4 cm³/mol. The van der Waals surface area contributed by atoms with Crippen molar-refractivity contribution >= 4 is 17.3 Å². The van der Waals surface area contributed by atoms with E-state index in [1.165, 1.54) is 0 Å². The van der Waals surface area contributed by atoms with E-state index in [1.807, 2.05) is 20.2 Å². The summed E-state index contributed by atoms with van der Waals surface area (Å²) >= 11 is 0. The molecular formula is C14H24N4O. The monoisotopic (exact) mass is 264 g/mol. The van der Waals surface area contributed by atoms with Crippen molar-refractivity contribution in [1.82, 2.24) is 4.90 Å². The first-order chi connectivity index (χ1) is 8.95. The second-order valence-corrected chi connectivity index (χ2v) is 4.88. The van der Waals surface area contributed by atoms with Gasteiger partial charge in [-0.3, -0.25) is 4.79 Å². The molecule has 19 heavy (non-hydrogen) atoms. The number of rotatable bonds is 7. The van der Waals surface area contributed by atoms with Crippen LogP contribution in [0.1, 0.15) is 23.7 Å². The molecule has 1 aromatic rings. The Bertz CT molecular complexity index is 431. The molecule has 0 unspecified atom stereocenters. The van der Waals surface area contributed by atoms with Gasteiger partial charge in [0.05, 0.1) is 5.56 Å². The number of nitrogen functional groups attached to an aromatic ring is 1. The van der Waals surface area contributed by atoms with Crippen molar-refractivity contribution in [2.45, 2.75) is 13.3 Å². The average molecular weight is 264 g/mol. The summed E-state index contributed by atoms with van der Waals surface area (Å²) in [7, 11) is 4.10. The Balaban J connectivity index is 2.88. The highest BCUT2D eigenvalue weighted by molar-refractivity contribution is 5.99. The van der Waals surface area contributed by atoms with Gasteiger partial charge in [-0.25, -0.2) is 0 Å². The minimum absolute atomic E-state index is 0.437. The van der Waals surface area contributed by atoms with Gasteiger partial charge in [0.15, 0.2) is 0 Å². The SMILES string of the molecule is CCN(CCCN(C)C)c1ccc(N)cc1C(N)=O. The molecule has 0 aliphatic carbocycles. The molecular weight excluding hydrogens is 240 g/mol. The number of anilines is 2. The van der Waals surface area contributed by atoms with E-state index in [0.29, 0.717) is 11.3 Å².